The van der Waals surface area contributed by atoms with Crippen LogP contribution in [0, 0.1) is 12.7 Å². The molecule has 27 heavy (non-hydrogen) atoms. The summed E-state index contributed by atoms with van der Waals surface area (Å²) in [6, 6.07) is 12.2. The van der Waals surface area contributed by atoms with E-state index < -0.39 is 0 Å². The molecule has 140 valence electrons. The Hall–Kier alpha value is -3.08. The first kappa shape index (κ1) is 18.7. The normalized spacial score (nSPS) is 10.8. The average Bonchev–Trinajstić information content (AvgIpc) is 2.96. The van der Waals surface area contributed by atoms with E-state index in [1.54, 1.807) is 24.1 Å². The number of aromatic nitrogens is 1. The standard InChI is InChI=1S/C22H23FN2O2/c1-4-11-27-18-8-5-16(6-9-18)14-25(3)22(26)13-19-15(2)24-21-10-7-17(23)12-20(19)21/h4-10,12,24H,1,11,13-14H2,2-3H3. The molecule has 0 spiro atoms. The van der Waals surface area contributed by atoms with E-state index in [2.05, 4.69) is 11.6 Å². The van der Waals surface area contributed by atoms with E-state index >= 15 is 0 Å². The van der Waals surface area contributed by atoms with E-state index in [1.165, 1.54) is 12.1 Å². The minimum Gasteiger partial charge on any atom is -0.490 e. The summed E-state index contributed by atoms with van der Waals surface area (Å²) in [5.74, 6) is 0.446. The van der Waals surface area contributed by atoms with Gasteiger partial charge < -0.3 is 14.6 Å². The van der Waals surface area contributed by atoms with Crippen LogP contribution < -0.4 is 4.74 Å². The Morgan fingerprint density at radius 1 is 1.26 bits per heavy atom. The molecule has 0 unspecified atom stereocenters. The molecular weight excluding hydrogens is 343 g/mol. The van der Waals surface area contributed by atoms with Gasteiger partial charge in [-0.05, 0) is 48.4 Å². The molecule has 3 aromatic rings. The van der Waals surface area contributed by atoms with Crippen LogP contribution in [0.5, 0.6) is 5.75 Å². The second kappa shape index (κ2) is 8.08. The fraction of sp³-hybridized carbons (Fsp3) is 0.227. The summed E-state index contributed by atoms with van der Waals surface area (Å²) in [6.07, 6.45) is 1.92. The third-order valence-electron chi connectivity index (χ3n) is 4.55. The third kappa shape index (κ3) is 4.37. The Kier molecular flexibility index (Phi) is 5.60. The first-order chi connectivity index (χ1) is 13.0. The number of aryl methyl sites for hydroxylation is 1. The molecule has 1 aromatic heterocycles. The van der Waals surface area contributed by atoms with E-state index in [4.69, 9.17) is 4.74 Å². The second-order valence-electron chi connectivity index (χ2n) is 6.59. The molecule has 1 N–H and O–H groups in total. The van der Waals surface area contributed by atoms with Gasteiger partial charge >= 0.3 is 0 Å². The first-order valence-corrected chi connectivity index (χ1v) is 8.81. The van der Waals surface area contributed by atoms with Crippen molar-refractivity contribution < 1.29 is 13.9 Å². The Morgan fingerprint density at radius 2 is 2.00 bits per heavy atom. The van der Waals surface area contributed by atoms with Crippen molar-refractivity contribution in [1.29, 1.82) is 0 Å². The number of ether oxygens (including phenoxy) is 1. The number of nitrogens with one attached hydrogen (secondary N) is 1. The summed E-state index contributed by atoms with van der Waals surface area (Å²) < 4.78 is 19.1. The maximum absolute atomic E-state index is 13.6. The average molecular weight is 366 g/mol. The molecule has 0 aliphatic heterocycles. The molecule has 0 aliphatic carbocycles. The van der Waals surface area contributed by atoms with E-state index in [0.29, 0.717) is 13.2 Å². The zero-order valence-corrected chi connectivity index (χ0v) is 15.6. The predicted octanol–water partition coefficient (Wildman–Crippen LogP) is 4.38. The van der Waals surface area contributed by atoms with Gasteiger partial charge in [-0.3, -0.25) is 4.79 Å². The Bertz CT molecular complexity index is 960. The fourth-order valence-corrected chi connectivity index (χ4v) is 3.08. The van der Waals surface area contributed by atoms with Crippen molar-refractivity contribution in [3.63, 3.8) is 0 Å². The van der Waals surface area contributed by atoms with Crippen molar-refractivity contribution in [2.45, 2.75) is 19.9 Å². The fourth-order valence-electron chi connectivity index (χ4n) is 3.08. The van der Waals surface area contributed by atoms with Crippen LogP contribution in [0.3, 0.4) is 0 Å². The molecule has 2 aromatic carbocycles. The molecule has 0 radical (unpaired) electrons. The summed E-state index contributed by atoms with van der Waals surface area (Å²) >= 11 is 0. The van der Waals surface area contributed by atoms with Crippen molar-refractivity contribution in [3.8, 4) is 5.75 Å². The molecule has 3 rings (SSSR count). The van der Waals surface area contributed by atoms with Crippen LogP contribution in [0.4, 0.5) is 4.39 Å². The first-order valence-electron chi connectivity index (χ1n) is 8.81. The van der Waals surface area contributed by atoms with Gasteiger partial charge in [0.1, 0.15) is 18.2 Å². The monoisotopic (exact) mass is 366 g/mol. The molecule has 0 fully saturated rings. The lowest BCUT2D eigenvalue weighted by atomic mass is 10.1. The molecule has 1 amide bonds. The van der Waals surface area contributed by atoms with Crippen LogP contribution in [0.15, 0.2) is 55.1 Å². The van der Waals surface area contributed by atoms with Gasteiger partial charge in [0.2, 0.25) is 5.91 Å². The maximum atomic E-state index is 13.6. The summed E-state index contributed by atoms with van der Waals surface area (Å²) in [6.45, 7) is 6.48. The number of fused-ring (bicyclic) bond motifs is 1. The summed E-state index contributed by atoms with van der Waals surface area (Å²) in [5, 5.41) is 0.762. The van der Waals surface area contributed by atoms with Crippen molar-refractivity contribution in [2.24, 2.45) is 0 Å². The zero-order chi connectivity index (χ0) is 19.4. The lowest BCUT2D eigenvalue weighted by molar-refractivity contribution is -0.129. The number of amides is 1. The van der Waals surface area contributed by atoms with Crippen LogP contribution in [0.1, 0.15) is 16.8 Å². The lowest BCUT2D eigenvalue weighted by Crippen LogP contribution is -2.27. The van der Waals surface area contributed by atoms with E-state index in [1.807, 2.05) is 31.2 Å². The highest BCUT2D eigenvalue weighted by molar-refractivity contribution is 5.90. The number of nitrogens with zero attached hydrogens (tertiary/aromatic N) is 1. The Morgan fingerprint density at radius 3 is 2.70 bits per heavy atom. The van der Waals surface area contributed by atoms with Gasteiger partial charge in [-0.1, -0.05) is 24.8 Å². The highest BCUT2D eigenvalue weighted by Crippen LogP contribution is 2.24. The van der Waals surface area contributed by atoms with Crippen molar-refractivity contribution in [3.05, 3.63) is 77.8 Å². The number of hydrogen-bond acceptors (Lipinski definition) is 2. The zero-order valence-electron chi connectivity index (χ0n) is 15.6. The lowest BCUT2D eigenvalue weighted by Gasteiger charge is -2.18. The summed E-state index contributed by atoms with van der Waals surface area (Å²) in [7, 11) is 1.77. The Labute approximate surface area is 158 Å². The van der Waals surface area contributed by atoms with Gasteiger partial charge in [0.05, 0.1) is 6.42 Å². The van der Waals surface area contributed by atoms with E-state index in [9.17, 15) is 9.18 Å². The molecular formula is C22H23FN2O2. The van der Waals surface area contributed by atoms with Gasteiger partial charge in [0.15, 0.2) is 0 Å². The molecule has 0 bridgehead atoms. The van der Waals surface area contributed by atoms with Gasteiger partial charge in [0.25, 0.3) is 0 Å². The minimum atomic E-state index is -0.303. The molecule has 0 saturated heterocycles. The quantitative estimate of drug-likeness (QED) is 0.631. The number of benzene rings is 2. The number of aromatic amines is 1. The maximum Gasteiger partial charge on any atom is 0.227 e. The van der Waals surface area contributed by atoms with Gasteiger partial charge in [-0.15, -0.1) is 0 Å². The number of carbonyl (C=O) groups is 1. The van der Waals surface area contributed by atoms with Gasteiger partial charge in [0, 0.05) is 30.2 Å². The largest absolute Gasteiger partial charge is 0.490 e. The number of hydrogen-bond donors (Lipinski definition) is 1. The van der Waals surface area contributed by atoms with Crippen LogP contribution in [0.2, 0.25) is 0 Å². The van der Waals surface area contributed by atoms with Crippen LogP contribution in [0.25, 0.3) is 10.9 Å². The topological polar surface area (TPSA) is 45.3 Å². The second-order valence-corrected chi connectivity index (χ2v) is 6.59. The molecule has 0 aliphatic rings. The predicted molar refractivity (Wildman–Crippen MR) is 105 cm³/mol. The van der Waals surface area contributed by atoms with Crippen LogP contribution in [-0.2, 0) is 17.8 Å². The van der Waals surface area contributed by atoms with Crippen molar-refractivity contribution >= 4 is 16.8 Å². The molecule has 1 heterocycles. The summed E-state index contributed by atoms with van der Waals surface area (Å²) in [5.41, 5.74) is 3.59. The number of carbonyl (C=O) groups excluding carboxylic acids is 1. The molecule has 4 nitrogen and oxygen atoms in total. The summed E-state index contributed by atoms with van der Waals surface area (Å²) in [4.78, 5) is 17.6. The van der Waals surface area contributed by atoms with E-state index in [0.717, 1.165) is 33.5 Å². The highest BCUT2D eigenvalue weighted by atomic mass is 19.1. The van der Waals surface area contributed by atoms with Crippen molar-refractivity contribution in [1.82, 2.24) is 9.88 Å². The number of likely N-dealkylation sites (N-methyl/N-ethyl adjacent to an activating group) is 1. The van der Waals surface area contributed by atoms with Crippen LogP contribution >= 0.6 is 0 Å². The SMILES string of the molecule is C=CCOc1ccc(CN(C)C(=O)Cc2c(C)[nH]c3ccc(F)cc23)cc1. The van der Waals surface area contributed by atoms with Gasteiger partial charge in [-0.2, -0.15) is 0 Å². The van der Waals surface area contributed by atoms with Crippen molar-refractivity contribution in [2.75, 3.05) is 13.7 Å². The number of rotatable bonds is 7. The number of halogens is 1. The molecule has 0 atom stereocenters. The highest BCUT2D eigenvalue weighted by Gasteiger charge is 2.16. The smallest absolute Gasteiger partial charge is 0.227 e. The molecule has 5 heteroatoms. The van der Waals surface area contributed by atoms with E-state index in [-0.39, 0.29) is 18.1 Å². The van der Waals surface area contributed by atoms with Crippen LogP contribution in [-0.4, -0.2) is 29.4 Å². The minimum absolute atomic E-state index is 0.0183. The Balaban J connectivity index is 1.68. The number of H-pyrrole nitrogens is 1. The third-order valence-corrected chi connectivity index (χ3v) is 4.55. The molecule has 0 saturated carbocycles. The van der Waals surface area contributed by atoms with Gasteiger partial charge in [-0.25, -0.2) is 4.39 Å².